The van der Waals surface area contributed by atoms with E-state index >= 15 is 0 Å². The first-order valence-electron chi connectivity index (χ1n) is 6.42. The van der Waals surface area contributed by atoms with Crippen molar-refractivity contribution in [3.63, 3.8) is 0 Å². The van der Waals surface area contributed by atoms with Gasteiger partial charge in [-0.3, -0.25) is 4.79 Å². The SMILES string of the molecule is Cc1noc(C)c1C(=O)N1CCCCCCC1. The molecule has 0 N–H and O–H groups in total. The predicted molar refractivity (Wildman–Crippen MR) is 65.0 cm³/mol. The average molecular weight is 236 g/mol. The van der Waals surface area contributed by atoms with Gasteiger partial charge in [-0.25, -0.2) is 0 Å². The second kappa shape index (κ2) is 5.34. The van der Waals surface area contributed by atoms with Crippen molar-refractivity contribution in [1.29, 1.82) is 0 Å². The Balaban J connectivity index is 2.12. The molecule has 94 valence electrons. The normalized spacial score (nSPS) is 17.6. The molecule has 1 aliphatic heterocycles. The van der Waals surface area contributed by atoms with Crippen molar-refractivity contribution >= 4 is 5.91 Å². The molecule has 0 aromatic carbocycles. The first-order chi connectivity index (χ1) is 8.20. The van der Waals surface area contributed by atoms with Crippen LogP contribution in [0.3, 0.4) is 0 Å². The van der Waals surface area contributed by atoms with Crippen molar-refractivity contribution in [2.75, 3.05) is 13.1 Å². The number of nitrogens with zero attached hydrogens (tertiary/aromatic N) is 2. The molecule has 0 bridgehead atoms. The molecule has 0 spiro atoms. The summed E-state index contributed by atoms with van der Waals surface area (Å²) >= 11 is 0. The highest BCUT2D eigenvalue weighted by Gasteiger charge is 2.23. The molecule has 4 heteroatoms. The number of amides is 1. The third kappa shape index (κ3) is 2.68. The van der Waals surface area contributed by atoms with Crippen LogP contribution in [0.25, 0.3) is 0 Å². The Morgan fingerprint density at radius 2 is 1.71 bits per heavy atom. The summed E-state index contributed by atoms with van der Waals surface area (Å²) in [6.07, 6.45) is 5.97. The van der Waals surface area contributed by atoms with Gasteiger partial charge in [-0.1, -0.05) is 24.4 Å². The topological polar surface area (TPSA) is 46.3 Å². The number of aromatic nitrogens is 1. The number of hydrogen-bond acceptors (Lipinski definition) is 3. The molecule has 1 saturated heterocycles. The lowest BCUT2D eigenvalue weighted by atomic mass is 10.1. The van der Waals surface area contributed by atoms with Crippen LogP contribution in [0.2, 0.25) is 0 Å². The minimum absolute atomic E-state index is 0.0863. The second-order valence-corrected chi connectivity index (χ2v) is 4.76. The van der Waals surface area contributed by atoms with E-state index in [1.165, 1.54) is 19.3 Å². The van der Waals surface area contributed by atoms with Crippen LogP contribution in [-0.2, 0) is 0 Å². The van der Waals surface area contributed by atoms with Crippen molar-refractivity contribution in [3.05, 3.63) is 17.0 Å². The van der Waals surface area contributed by atoms with Gasteiger partial charge >= 0.3 is 0 Å². The molecule has 0 atom stereocenters. The lowest BCUT2D eigenvalue weighted by Crippen LogP contribution is -2.34. The molecular formula is C13H20N2O2. The fourth-order valence-electron chi connectivity index (χ4n) is 2.40. The zero-order chi connectivity index (χ0) is 12.3. The highest BCUT2D eigenvalue weighted by atomic mass is 16.5. The summed E-state index contributed by atoms with van der Waals surface area (Å²) in [4.78, 5) is 14.3. The number of aryl methyl sites for hydroxylation is 2. The monoisotopic (exact) mass is 236 g/mol. The highest BCUT2D eigenvalue weighted by molar-refractivity contribution is 5.96. The van der Waals surface area contributed by atoms with Gasteiger partial charge in [0.2, 0.25) is 0 Å². The molecule has 1 aromatic heterocycles. The number of carbonyl (C=O) groups is 1. The molecule has 2 heterocycles. The molecule has 1 amide bonds. The third-order valence-electron chi connectivity index (χ3n) is 3.39. The van der Waals surface area contributed by atoms with Crippen molar-refractivity contribution in [1.82, 2.24) is 10.1 Å². The minimum Gasteiger partial charge on any atom is -0.361 e. The predicted octanol–water partition coefficient (Wildman–Crippen LogP) is 2.70. The third-order valence-corrected chi connectivity index (χ3v) is 3.39. The van der Waals surface area contributed by atoms with Gasteiger partial charge in [0.15, 0.2) is 0 Å². The molecular weight excluding hydrogens is 216 g/mol. The first-order valence-corrected chi connectivity index (χ1v) is 6.42. The van der Waals surface area contributed by atoms with Crippen molar-refractivity contribution in [2.45, 2.75) is 46.0 Å². The van der Waals surface area contributed by atoms with E-state index in [-0.39, 0.29) is 5.91 Å². The quantitative estimate of drug-likeness (QED) is 0.753. The lowest BCUT2D eigenvalue weighted by Gasteiger charge is -2.24. The zero-order valence-corrected chi connectivity index (χ0v) is 10.7. The van der Waals surface area contributed by atoms with Crippen LogP contribution in [0.5, 0.6) is 0 Å². The second-order valence-electron chi connectivity index (χ2n) is 4.76. The van der Waals surface area contributed by atoms with Gasteiger partial charge < -0.3 is 9.42 Å². The molecule has 17 heavy (non-hydrogen) atoms. The van der Waals surface area contributed by atoms with Crippen LogP contribution >= 0.6 is 0 Å². The zero-order valence-electron chi connectivity index (χ0n) is 10.7. The molecule has 4 nitrogen and oxygen atoms in total. The van der Waals surface area contributed by atoms with E-state index in [1.54, 1.807) is 6.92 Å². The lowest BCUT2D eigenvalue weighted by molar-refractivity contribution is 0.0740. The molecule has 1 aromatic rings. The number of rotatable bonds is 1. The van der Waals surface area contributed by atoms with Crippen LogP contribution in [0.1, 0.15) is 53.9 Å². The van der Waals surface area contributed by atoms with E-state index in [4.69, 9.17) is 4.52 Å². The summed E-state index contributed by atoms with van der Waals surface area (Å²) in [6.45, 7) is 5.36. The molecule has 0 radical (unpaired) electrons. The minimum atomic E-state index is 0.0863. The van der Waals surface area contributed by atoms with Crippen molar-refractivity contribution in [3.8, 4) is 0 Å². The standard InChI is InChI=1S/C13H20N2O2/c1-10-12(11(2)17-14-10)13(16)15-8-6-4-3-5-7-9-15/h3-9H2,1-2H3. The maximum Gasteiger partial charge on any atom is 0.259 e. The van der Waals surface area contributed by atoms with Gasteiger partial charge in [-0.15, -0.1) is 0 Å². The van der Waals surface area contributed by atoms with E-state index in [9.17, 15) is 4.79 Å². The molecule has 2 rings (SSSR count). The van der Waals surface area contributed by atoms with Crippen LogP contribution in [-0.4, -0.2) is 29.1 Å². The fourth-order valence-corrected chi connectivity index (χ4v) is 2.40. The first kappa shape index (κ1) is 12.1. The summed E-state index contributed by atoms with van der Waals surface area (Å²) in [5.41, 5.74) is 1.36. The Hall–Kier alpha value is -1.32. The van der Waals surface area contributed by atoms with E-state index in [2.05, 4.69) is 5.16 Å². The van der Waals surface area contributed by atoms with E-state index in [0.717, 1.165) is 25.9 Å². The van der Waals surface area contributed by atoms with Gasteiger partial charge in [-0.05, 0) is 26.7 Å². The summed E-state index contributed by atoms with van der Waals surface area (Å²) in [6, 6.07) is 0. The number of likely N-dealkylation sites (tertiary alicyclic amines) is 1. The molecule has 1 fully saturated rings. The summed E-state index contributed by atoms with van der Waals surface area (Å²) in [5.74, 6) is 0.720. The Morgan fingerprint density at radius 1 is 1.12 bits per heavy atom. The Morgan fingerprint density at radius 3 is 2.24 bits per heavy atom. The molecule has 0 saturated carbocycles. The van der Waals surface area contributed by atoms with Crippen LogP contribution in [0, 0.1) is 13.8 Å². The highest BCUT2D eigenvalue weighted by Crippen LogP contribution is 2.18. The smallest absolute Gasteiger partial charge is 0.259 e. The Bertz CT molecular complexity index is 371. The van der Waals surface area contributed by atoms with Crippen LogP contribution in [0.4, 0.5) is 0 Å². The van der Waals surface area contributed by atoms with Gasteiger partial charge in [0.25, 0.3) is 5.91 Å². The Kier molecular flexibility index (Phi) is 3.82. The van der Waals surface area contributed by atoms with E-state index in [0.29, 0.717) is 17.0 Å². The van der Waals surface area contributed by atoms with Gasteiger partial charge in [-0.2, -0.15) is 0 Å². The maximum atomic E-state index is 12.4. The summed E-state index contributed by atoms with van der Waals surface area (Å²) < 4.78 is 5.07. The molecule has 1 aliphatic rings. The largest absolute Gasteiger partial charge is 0.361 e. The van der Waals surface area contributed by atoms with Crippen molar-refractivity contribution in [2.24, 2.45) is 0 Å². The van der Waals surface area contributed by atoms with E-state index < -0.39 is 0 Å². The van der Waals surface area contributed by atoms with Gasteiger partial charge in [0, 0.05) is 13.1 Å². The van der Waals surface area contributed by atoms with Gasteiger partial charge in [0.1, 0.15) is 11.3 Å². The van der Waals surface area contributed by atoms with E-state index in [1.807, 2.05) is 11.8 Å². The van der Waals surface area contributed by atoms with Gasteiger partial charge in [0.05, 0.1) is 5.69 Å². The number of hydrogen-bond donors (Lipinski definition) is 0. The van der Waals surface area contributed by atoms with Crippen LogP contribution in [0.15, 0.2) is 4.52 Å². The summed E-state index contributed by atoms with van der Waals surface area (Å²) in [5, 5.41) is 3.85. The fraction of sp³-hybridized carbons (Fsp3) is 0.692. The maximum absolute atomic E-state index is 12.4. The summed E-state index contributed by atoms with van der Waals surface area (Å²) in [7, 11) is 0. The van der Waals surface area contributed by atoms with Crippen molar-refractivity contribution < 1.29 is 9.32 Å². The molecule has 0 aliphatic carbocycles. The van der Waals surface area contributed by atoms with Crippen LogP contribution < -0.4 is 0 Å². The number of carbonyl (C=O) groups excluding carboxylic acids is 1. The molecule has 0 unspecified atom stereocenters. The Labute approximate surface area is 102 Å². The average Bonchev–Trinajstić information content (AvgIpc) is 2.57.